The summed E-state index contributed by atoms with van der Waals surface area (Å²) in [6.07, 6.45) is 6.31. The summed E-state index contributed by atoms with van der Waals surface area (Å²) in [4.78, 5) is 2.56. The predicted molar refractivity (Wildman–Crippen MR) is 101 cm³/mol. The summed E-state index contributed by atoms with van der Waals surface area (Å²) >= 11 is 0. The standard InChI is InChI=1S/C22H29N3O/c1-15-2-5-17-11-19-22(26)7-6-20(24,14-23)13-21(22,18(17)10-15)8-9-25(19)12-16-3-4-16/h2,5,10,16,19,26H,3-4,6-9,11-13,24H2,1H3/t19-,20+,21-,22-/m1/s1. The Labute approximate surface area is 156 Å². The highest BCUT2D eigenvalue weighted by molar-refractivity contribution is 5.48. The minimum absolute atomic E-state index is 0.162. The highest BCUT2D eigenvalue weighted by Gasteiger charge is 2.66. The molecule has 4 atom stereocenters. The molecule has 26 heavy (non-hydrogen) atoms. The van der Waals surface area contributed by atoms with Crippen molar-refractivity contribution in [1.29, 1.82) is 5.26 Å². The molecule has 3 fully saturated rings. The topological polar surface area (TPSA) is 73.3 Å². The lowest BCUT2D eigenvalue weighted by Crippen LogP contribution is -2.75. The Kier molecular flexibility index (Phi) is 3.42. The Morgan fingerprint density at radius 1 is 1.31 bits per heavy atom. The van der Waals surface area contributed by atoms with Crippen molar-refractivity contribution >= 4 is 0 Å². The van der Waals surface area contributed by atoms with E-state index in [4.69, 9.17) is 5.73 Å². The Hall–Kier alpha value is -1.41. The van der Waals surface area contributed by atoms with Crippen LogP contribution in [0.2, 0.25) is 0 Å². The lowest BCUT2D eigenvalue weighted by Gasteiger charge is -2.65. The molecule has 0 radical (unpaired) electrons. The average Bonchev–Trinajstić information content (AvgIpc) is 3.43. The van der Waals surface area contributed by atoms with Gasteiger partial charge in [-0.3, -0.25) is 4.90 Å². The zero-order valence-electron chi connectivity index (χ0n) is 15.7. The van der Waals surface area contributed by atoms with Crippen molar-refractivity contribution in [3.8, 4) is 6.07 Å². The molecule has 1 heterocycles. The number of nitrogens with zero attached hydrogens (tertiary/aromatic N) is 2. The Morgan fingerprint density at radius 2 is 2.12 bits per heavy atom. The van der Waals surface area contributed by atoms with E-state index in [1.807, 2.05) is 0 Å². The summed E-state index contributed by atoms with van der Waals surface area (Å²) in [5.41, 5.74) is 8.38. The number of nitrogens with two attached hydrogens (primary N) is 1. The van der Waals surface area contributed by atoms with Crippen LogP contribution >= 0.6 is 0 Å². The Bertz CT molecular complexity index is 797. The maximum Gasteiger partial charge on any atom is 0.105 e. The molecule has 0 aromatic heterocycles. The first-order chi connectivity index (χ1) is 12.4. The van der Waals surface area contributed by atoms with Gasteiger partial charge in [-0.1, -0.05) is 23.8 Å². The molecule has 2 saturated carbocycles. The highest BCUT2D eigenvalue weighted by Crippen LogP contribution is 2.59. The maximum absolute atomic E-state index is 12.1. The molecule has 1 aromatic rings. The number of rotatable bonds is 2. The molecule has 0 amide bonds. The van der Waals surface area contributed by atoms with Gasteiger partial charge in [-0.05, 0) is 75.5 Å². The summed E-state index contributed by atoms with van der Waals surface area (Å²) in [7, 11) is 0. The normalized spacial score (nSPS) is 41.8. The van der Waals surface area contributed by atoms with Crippen molar-refractivity contribution in [3.05, 3.63) is 34.9 Å². The van der Waals surface area contributed by atoms with Crippen LogP contribution in [-0.2, 0) is 11.8 Å². The van der Waals surface area contributed by atoms with Crippen LogP contribution in [0, 0.1) is 24.2 Å². The Balaban J connectivity index is 1.66. The van der Waals surface area contributed by atoms with E-state index in [0.717, 1.165) is 31.8 Å². The molecule has 3 N–H and O–H groups in total. The summed E-state index contributed by atoms with van der Waals surface area (Å²) in [5.74, 6) is 0.821. The van der Waals surface area contributed by atoms with Gasteiger partial charge in [-0.15, -0.1) is 0 Å². The number of fused-ring (bicyclic) bond motifs is 1. The van der Waals surface area contributed by atoms with Crippen LogP contribution in [0.15, 0.2) is 18.2 Å². The number of likely N-dealkylation sites (tertiary alicyclic amines) is 1. The molecule has 1 aromatic carbocycles. The lowest BCUT2D eigenvalue weighted by atomic mass is 9.47. The van der Waals surface area contributed by atoms with Crippen molar-refractivity contribution in [2.75, 3.05) is 13.1 Å². The zero-order chi connectivity index (χ0) is 18.2. The number of piperidine rings is 1. The number of hydrogen-bond donors (Lipinski definition) is 2. The first kappa shape index (κ1) is 16.7. The quantitative estimate of drug-likeness (QED) is 0.858. The lowest BCUT2D eigenvalue weighted by molar-refractivity contribution is -0.173. The van der Waals surface area contributed by atoms with Gasteiger partial charge >= 0.3 is 0 Å². The number of benzene rings is 1. The van der Waals surface area contributed by atoms with E-state index < -0.39 is 11.1 Å². The summed E-state index contributed by atoms with van der Waals surface area (Å²) < 4.78 is 0. The number of aryl methyl sites for hydroxylation is 1. The first-order valence-electron chi connectivity index (χ1n) is 10.2. The van der Waals surface area contributed by atoms with Gasteiger partial charge in [-0.25, -0.2) is 0 Å². The molecule has 2 bridgehead atoms. The second-order valence-electron chi connectivity index (χ2n) is 9.52. The van der Waals surface area contributed by atoms with Crippen LogP contribution in [0.3, 0.4) is 0 Å². The number of aliphatic hydroxyl groups is 1. The van der Waals surface area contributed by atoms with E-state index in [1.165, 1.54) is 29.5 Å². The van der Waals surface area contributed by atoms with Crippen molar-refractivity contribution in [2.24, 2.45) is 11.7 Å². The van der Waals surface area contributed by atoms with Gasteiger partial charge in [-0.2, -0.15) is 5.26 Å². The number of hydrogen-bond acceptors (Lipinski definition) is 4. The summed E-state index contributed by atoms with van der Waals surface area (Å²) in [6.45, 7) is 4.25. The van der Waals surface area contributed by atoms with Gasteiger partial charge in [0.2, 0.25) is 0 Å². The second kappa shape index (κ2) is 5.32. The third kappa shape index (κ3) is 2.17. The van der Waals surface area contributed by atoms with Crippen LogP contribution < -0.4 is 5.73 Å². The number of nitriles is 1. The fourth-order valence-corrected chi connectivity index (χ4v) is 6.24. The summed E-state index contributed by atoms with van der Waals surface area (Å²) in [5, 5.41) is 21.9. The monoisotopic (exact) mass is 351 g/mol. The minimum atomic E-state index is -0.826. The summed E-state index contributed by atoms with van der Waals surface area (Å²) in [6, 6.07) is 9.24. The molecule has 4 nitrogen and oxygen atoms in total. The van der Waals surface area contributed by atoms with E-state index in [-0.39, 0.29) is 11.5 Å². The van der Waals surface area contributed by atoms with E-state index in [1.54, 1.807) is 0 Å². The van der Waals surface area contributed by atoms with Crippen LogP contribution in [0.4, 0.5) is 0 Å². The fourth-order valence-electron chi connectivity index (χ4n) is 6.24. The van der Waals surface area contributed by atoms with E-state index in [9.17, 15) is 10.4 Å². The van der Waals surface area contributed by atoms with E-state index in [0.29, 0.717) is 19.3 Å². The second-order valence-corrected chi connectivity index (χ2v) is 9.52. The molecule has 0 spiro atoms. The molecule has 0 unspecified atom stereocenters. The predicted octanol–water partition coefficient (Wildman–Crippen LogP) is 2.41. The van der Waals surface area contributed by atoms with Crippen molar-refractivity contribution < 1.29 is 5.11 Å². The smallest absolute Gasteiger partial charge is 0.105 e. The van der Waals surface area contributed by atoms with E-state index >= 15 is 0 Å². The van der Waals surface area contributed by atoms with Gasteiger partial charge < -0.3 is 10.8 Å². The third-order valence-electron chi connectivity index (χ3n) is 7.82. The molecular weight excluding hydrogens is 322 g/mol. The van der Waals surface area contributed by atoms with Crippen molar-refractivity contribution in [2.45, 2.75) is 74.5 Å². The van der Waals surface area contributed by atoms with Crippen LogP contribution in [0.5, 0.6) is 0 Å². The third-order valence-corrected chi connectivity index (χ3v) is 7.82. The van der Waals surface area contributed by atoms with Crippen LogP contribution in [0.1, 0.15) is 55.2 Å². The van der Waals surface area contributed by atoms with Gasteiger partial charge in [0.15, 0.2) is 0 Å². The molecule has 3 aliphatic carbocycles. The SMILES string of the molecule is Cc1ccc2c(c1)[C@]13CCN(CC4CC4)[C@H](C2)[C@]1(O)CC[C@@](N)(C#N)C3. The van der Waals surface area contributed by atoms with E-state index in [2.05, 4.69) is 36.1 Å². The van der Waals surface area contributed by atoms with Crippen LogP contribution in [0.25, 0.3) is 0 Å². The average molecular weight is 351 g/mol. The minimum Gasteiger partial charge on any atom is -0.387 e. The molecule has 1 aliphatic heterocycles. The molecule has 4 aliphatic rings. The molecule has 5 rings (SSSR count). The molecule has 1 saturated heterocycles. The van der Waals surface area contributed by atoms with Crippen molar-refractivity contribution in [3.63, 3.8) is 0 Å². The Morgan fingerprint density at radius 3 is 2.85 bits per heavy atom. The zero-order valence-corrected chi connectivity index (χ0v) is 15.7. The van der Waals surface area contributed by atoms with Gasteiger partial charge in [0.25, 0.3) is 0 Å². The molecular formula is C22H29N3O. The molecule has 4 heteroatoms. The molecule has 138 valence electrons. The van der Waals surface area contributed by atoms with Gasteiger partial charge in [0.1, 0.15) is 5.54 Å². The fraction of sp³-hybridized carbons (Fsp3) is 0.682. The van der Waals surface area contributed by atoms with Crippen LogP contribution in [-0.4, -0.2) is 40.3 Å². The largest absolute Gasteiger partial charge is 0.387 e. The first-order valence-corrected chi connectivity index (χ1v) is 10.2. The van der Waals surface area contributed by atoms with Crippen molar-refractivity contribution in [1.82, 2.24) is 4.90 Å². The maximum atomic E-state index is 12.1. The highest BCUT2D eigenvalue weighted by atomic mass is 16.3. The van der Waals surface area contributed by atoms with Gasteiger partial charge in [0.05, 0.1) is 11.7 Å². The van der Waals surface area contributed by atoms with Gasteiger partial charge in [0, 0.05) is 18.0 Å².